The lowest BCUT2D eigenvalue weighted by molar-refractivity contribution is 0.227. The standard InChI is InChI=1S/C27H49N9O4/c1-18-8-10-22(11-9-18)13-23(17-33-26(39)34-20(3)15-30-24(29)37)36-27(40)32-16-21(4)35-25(38)31-14-19(2)7-5-6-12-28/h8-11,19-21,23H,5-7,12-17,28H2,1-4H3,(H3,29,30,37)(H2,31,35,38)(H2,32,36,40)(H2,33,34,39)/t19-,20-,21-,23-/m0/s1. The topological polar surface area (TPSA) is 205 Å². The molecule has 1 rings (SSSR count). The van der Waals surface area contributed by atoms with Gasteiger partial charge in [-0.2, -0.15) is 0 Å². The smallest absolute Gasteiger partial charge is 0.315 e. The number of primary amides is 1. The Morgan fingerprint density at radius 2 is 1.25 bits per heavy atom. The lowest BCUT2D eigenvalue weighted by Gasteiger charge is -2.22. The molecule has 1 aromatic rings. The number of hydrogen-bond donors (Lipinski definition) is 9. The summed E-state index contributed by atoms with van der Waals surface area (Å²) >= 11 is 0. The molecule has 0 unspecified atom stereocenters. The van der Waals surface area contributed by atoms with Crippen LogP contribution in [0.4, 0.5) is 19.2 Å². The van der Waals surface area contributed by atoms with Gasteiger partial charge in [0, 0.05) is 38.3 Å². The van der Waals surface area contributed by atoms with E-state index in [9.17, 15) is 19.2 Å². The molecule has 0 aliphatic heterocycles. The Bertz CT molecular complexity index is 914. The zero-order valence-electron chi connectivity index (χ0n) is 24.3. The summed E-state index contributed by atoms with van der Waals surface area (Å²) in [6.07, 6.45) is 3.51. The maximum absolute atomic E-state index is 12.7. The number of nitrogens with two attached hydrogens (primary N) is 2. The Labute approximate surface area is 237 Å². The molecule has 11 N–H and O–H groups in total. The molecule has 226 valence electrons. The van der Waals surface area contributed by atoms with Crippen molar-refractivity contribution >= 4 is 24.1 Å². The Balaban J connectivity index is 2.53. The second-order valence-corrected chi connectivity index (χ2v) is 10.4. The van der Waals surface area contributed by atoms with Crippen molar-refractivity contribution in [2.45, 2.75) is 71.5 Å². The molecule has 0 spiro atoms. The molecule has 0 saturated heterocycles. The van der Waals surface area contributed by atoms with E-state index >= 15 is 0 Å². The van der Waals surface area contributed by atoms with E-state index in [0.717, 1.165) is 30.4 Å². The van der Waals surface area contributed by atoms with Gasteiger partial charge in [0.05, 0.1) is 6.04 Å². The zero-order chi connectivity index (χ0) is 29.9. The van der Waals surface area contributed by atoms with Crippen molar-refractivity contribution in [1.82, 2.24) is 37.2 Å². The van der Waals surface area contributed by atoms with E-state index in [4.69, 9.17) is 11.5 Å². The molecule has 4 atom stereocenters. The van der Waals surface area contributed by atoms with Gasteiger partial charge < -0.3 is 48.7 Å². The first-order chi connectivity index (χ1) is 19.0. The minimum atomic E-state index is -0.670. The molecule has 0 bridgehead atoms. The first-order valence-electron chi connectivity index (χ1n) is 13.9. The van der Waals surface area contributed by atoms with Crippen molar-refractivity contribution in [3.63, 3.8) is 0 Å². The minimum absolute atomic E-state index is 0.169. The summed E-state index contributed by atoms with van der Waals surface area (Å²) in [5.41, 5.74) is 12.7. The first kappa shape index (κ1) is 34.3. The van der Waals surface area contributed by atoms with Gasteiger partial charge in [-0.3, -0.25) is 0 Å². The number of benzene rings is 1. The van der Waals surface area contributed by atoms with E-state index in [-0.39, 0.29) is 37.7 Å². The second kappa shape index (κ2) is 19.3. The maximum atomic E-state index is 12.7. The molecule has 1 aromatic carbocycles. The molecule has 13 nitrogen and oxygen atoms in total. The second-order valence-electron chi connectivity index (χ2n) is 10.4. The third-order valence-corrected chi connectivity index (χ3v) is 6.12. The van der Waals surface area contributed by atoms with Crippen molar-refractivity contribution in [3.8, 4) is 0 Å². The number of rotatable bonds is 17. The summed E-state index contributed by atoms with van der Waals surface area (Å²) in [6, 6.07) is 5.07. The highest BCUT2D eigenvalue weighted by molar-refractivity contribution is 5.76. The summed E-state index contributed by atoms with van der Waals surface area (Å²) in [7, 11) is 0. The van der Waals surface area contributed by atoms with Gasteiger partial charge in [-0.1, -0.05) is 43.2 Å². The zero-order valence-corrected chi connectivity index (χ0v) is 24.3. The average Bonchev–Trinajstić information content (AvgIpc) is 2.89. The Morgan fingerprint density at radius 3 is 1.82 bits per heavy atom. The summed E-state index contributed by atoms with van der Waals surface area (Å²) in [5, 5.41) is 19.3. The molecule has 13 heteroatoms. The van der Waals surface area contributed by atoms with E-state index in [1.54, 1.807) is 13.8 Å². The van der Waals surface area contributed by atoms with Crippen LogP contribution in [0.25, 0.3) is 0 Å². The van der Waals surface area contributed by atoms with E-state index in [1.807, 2.05) is 31.2 Å². The fourth-order valence-corrected chi connectivity index (χ4v) is 3.79. The SMILES string of the molecule is Cc1ccc(C[C@@H](CNC(=O)N[C@@H](C)CNC(N)=O)NC(=O)NC[C@H](C)NC(=O)NC[C@@H](C)CCCCN)cc1. The van der Waals surface area contributed by atoms with Crippen LogP contribution in [0.2, 0.25) is 0 Å². The molecule has 40 heavy (non-hydrogen) atoms. The van der Waals surface area contributed by atoms with Crippen LogP contribution in [-0.4, -0.2) is 75.0 Å². The highest BCUT2D eigenvalue weighted by Crippen LogP contribution is 2.07. The highest BCUT2D eigenvalue weighted by Gasteiger charge is 2.17. The van der Waals surface area contributed by atoms with Crippen molar-refractivity contribution in [2.75, 3.05) is 32.7 Å². The Morgan fingerprint density at radius 1 is 0.725 bits per heavy atom. The number of nitrogens with one attached hydrogen (secondary N) is 7. The van der Waals surface area contributed by atoms with Gasteiger partial charge in [0.15, 0.2) is 0 Å². The summed E-state index contributed by atoms with van der Waals surface area (Å²) in [4.78, 5) is 48.0. The van der Waals surface area contributed by atoms with Crippen LogP contribution >= 0.6 is 0 Å². The van der Waals surface area contributed by atoms with Gasteiger partial charge in [-0.15, -0.1) is 0 Å². The predicted molar refractivity (Wildman–Crippen MR) is 157 cm³/mol. The molecule has 8 amide bonds. The van der Waals surface area contributed by atoms with Crippen LogP contribution in [0, 0.1) is 12.8 Å². The van der Waals surface area contributed by atoms with Crippen molar-refractivity contribution in [3.05, 3.63) is 35.4 Å². The molecule has 0 aliphatic rings. The Kier molecular flexibility index (Phi) is 16.6. The van der Waals surface area contributed by atoms with E-state index in [2.05, 4.69) is 44.1 Å². The van der Waals surface area contributed by atoms with Crippen molar-refractivity contribution in [1.29, 1.82) is 0 Å². The molecule has 0 heterocycles. The highest BCUT2D eigenvalue weighted by atomic mass is 16.2. The van der Waals surface area contributed by atoms with Crippen molar-refractivity contribution < 1.29 is 19.2 Å². The van der Waals surface area contributed by atoms with Crippen LogP contribution in [0.1, 0.15) is 51.2 Å². The molecular weight excluding hydrogens is 514 g/mol. The van der Waals surface area contributed by atoms with Crippen LogP contribution in [0.5, 0.6) is 0 Å². The maximum Gasteiger partial charge on any atom is 0.315 e. The van der Waals surface area contributed by atoms with E-state index in [1.165, 1.54) is 0 Å². The van der Waals surface area contributed by atoms with Crippen LogP contribution in [-0.2, 0) is 6.42 Å². The van der Waals surface area contributed by atoms with Crippen LogP contribution in [0.15, 0.2) is 24.3 Å². The molecular formula is C27H49N9O4. The van der Waals surface area contributed by atoms with Crippen LogP contribution < -0.4 is 48.7 Å². The fraction of sp³-hybridized carbons (Fsp3) is 0.630. The fourth-order valence-electron chi connectivity index (χ4n) is 3.79. The lowest BCUT2D eigenvalue weighted by atomic mass is 10.0. The monoisotopic (exact) mass is 563 g/mol. The number of urea groups is 4. The van der Waals surface area contributed by atoms with Gasteiger partial charge >= 0.3 is 24.1 Å². The molecule has 0 fully saturated rings. The number of unbranched alkanes of at least 4 members (excludes halogenated alkanes) is 1. The quantitative estimate of drug-likeness (QED) is 0.127. The normalized spacial score (nSPS) is 13.6. The average molecular weight is 564 g/mol. The van der Waals surface area contributed by atoms with Gasteiger partial charge in [0.2, 0.25) is 0 Å². The van der Waals surface area contributed by atoms with Crippen LogP contribution in [0.3, 0.4) is 0 Å². The molecule has 0 saturated carbocycles. The van der Waals surface area contributed by atoms with Gasteiger partial charge in [0.1, 0.15) is 0 Å². The largest absolute Gasteiger partial charge is 0.352 e. The molecule has 0 aliphatic carbocycles. The number of carbonyl (C=O) groups excluding carboxylic acids is 4. The Hall–Kier alpha value is -3.74. The molecule has 0 radical (unpaired) electrons. The van der Waals surface area contributed by atoms with Gasteiger partial charge in [-0.05, 0) is 58.1 Å². The number of aryl methyl sites for hydroxylation is 1. The van der Waals surface area contributed by atoms with Gasteiger partial charge in [-0.25, -0.2) is 19.2 Å². The number of hydrogen-bond acceptors (Lipinski definition) is 5. The predicted octanol–water partition coefficient (Wildman–Crippen LogP) is 1.01. The van der Waals surface area contributed by atoms with E-state index < -0.39 is 24.1 Å². The third-order valence-electron chi connectivity index (χ3n) is 6.12. The van der Waals surface area contributed by atoms with Gasteiger partial charge in [0.25, 0.3) is 0 Å². The molecule has 0 aromatic heterocycles. The minimum Gasteiger partial charge on any atom is -0.352 e. The number of carbonyl (C=O) groups is 4. The summed E-state index contributed by atoms with van der Waals surface area (Å²) in [6.45, 7) is 9.43. The van der Waals surface area contributed by atoms with E-state index in [0.29, 0.717) is 25.4 Å². The number of amides is 8. The third kappa shape index (κ3) is 17.0. The summed E-state index contributed by atoms with van der Waals surface area (Å²) in [5.74, 6) is 0.354. The lowest BCUT2D eigenvalue weighted by Crippen LogP contribution is -2.53. The summed E-state index contributed by atoms with van der Waals surface area (Å²) < 4.78 is 0. The van der Waals surface area contributed by atoms with Crippen molar-refractivity contribution in [2.24, 2.45) is 17.4 Å². The first-order valence-corrected chi connectivity index (χ1v) is 13.9.